The number of fused-ring (bicyclic) bond motifs is 1. The van der Waals surface area contributed by atoms with Gasteiger partial charge in [-0.15, -0.1) is 0 Å². The molecule has 2 aromatic heterocycles. The number of nitrogens with zero attached hydrogens (tertiary/aromatic N) is 5. The summed E-state index contributed by atoms with van der Waals surface area (Å²) >= 11 is 0. The molecule has 152 valence electrons. The van der Waals surface area contributed by atoms with Gasteiger partial charge in [-0.2, -0.15) is 0 Å². The number of likely N-dealkylation sites (tertiary alicyclic amines) is 1. The lowest BCUT2D eigenvalue weighted by molar-refractivity contribution is -0.129. The van der Waals surface area contributed by atoms with Gasteiger partial charge in [0.1, 0.15) is 5.69 Å². The van der Waals surface area contributed by atoms with Crippen LogP contribution in [0.4, 0.5) is 0 Å². The van der Waals surface area contributed by atoms with Crippen molar-refractivity contribution in [3.8, 4) is 11.5 Å². The van der Waals surface area contributed by atoms with Crippen molar-refractivity contribution in [1.82, 2.24) is 30.2 Å². The first-order valence-electron chi connectivity index (χ1n) is 10.1. The van der Waals surface area contributed by atoms with E-state index in [1.807, 2.05) is 6.92 Å². The number of carbonyl (C=O) groups excluding carboxylic acids is 2. The average Bonchev–Trinajstić information content (AvgIpc) is 3.08. The van der Waals surface area contributed by atoms with Crippen molar-refractivity contribution in [3.05, 3.63) is 36.0 Å². The average molecular weight is 394 g/mol. The topological polar surface area (TPSA) is 101 Å². The van der Waals surface area contributed by atoms with E-state index in [0.717, 1.165) is 24.1 Å². The molecule has 0 saturated carbocycles. The van der Waals surface area contributed by atoms with Crippen LogP contribution in [0, 0.1) is 11.3 Å². The SMILES string of the molecule is CCN1C[C@@H](C(=O)N[C@@H]2CC(C)(C)Cc3nc(-c4cnccn4)ncc32)CC1=O. The summed E-state index contributed by atoms with van der Waals surface area (Å²) in [4.78, 5) is 44.2. The minimum absolute atomic E-state index is 0.0140. The first kappa shape index (κ1) is 19.4. The van der Waals surface area contributed by atoms with Crippen molar-refractivity contribution in [3.63, 3.8) is 0 Å². The minimum atomic E-state index is -0.296. The molecule has 1 aliphatic carbocycles. The maximum Gasteiger partial charge on any atom is 0.225 e. The number of nitrogens with one attached hydrogen (secondary N) is 1. The molecule has 1 saturated heterocycles. The predicted octanol–water partition coefficient (Wildman–Crippen LogP) is 1.93. The van der Waals surface area contributed by atoms with E-state index in [4.69, 9.17) is 4.98 Å². The van der Waals surface area contributed by atoms with E-state index in [1.54, 1.807) is 29.7 Å². The molecule has 2 aromatic rings. The van der Waals surface area contributed by atoms with Crippen LogP contribution in [-0.2, 0) is 16.0 Å². The molecule has 2 atom stereocenters. The number of amides is 2. The van der Waals surface area contributed by atoms with Crippen LogP contribution in [-0.4, -0.2) is 49.7 Å². The number of hydrogen-bond donors (Lipinski definition) is 1. The molecule has 2 amide bonds. The van der Waals surface area contributed by atoms with Crippen molar-refractivity contribution in [1.29, 1.82) is 0 Å². The van der Waals surface area contributed by atoms with Gasteiger partial charge in [-0.3, -0.25) is 14.6 Å². The Bertz CT molecular complexity index is 930. The van der Waals surface area contributed by atoms with Crippen LogP contribution in [0.15, 0.2) is 24.8 Å². The minimum Gasteiger partial charge on any atom is -0.349 e. The quantitative estimate of drug-likeness (QED) is 0.850. The van der Waals surface area contributed by atoms with Gasteiger partial charge in [0.25, 0.3) is 0 Å². The van der Waals surface area contributed by atoms with E-state index in [1.165, 1.54) is 0 Å². The fraction of sp³-hybridized carbons (Fsp3) is 0.524. The van der Waals surface area contributed by atoms with Crippen LogP contribution in [0.3, 0.4) is 0 Å². The highest BCUT2D eigenvalue weighted by molar-refractivity contribution is 5.89. The number of aromatic nitrogens is 4. The van der Waals surface area contributed by atoms with Crippen LogP contribution in [0.25, 0.3) is 11.5 Å². The fourth-order valence-corrected chi connectivity index (χ4v) is 4.26. The summed E-state index contributed by atoms with van der Waals surface area (Å²) in [5.41, 5.74) is 2.49. The Morgan fingerprint density at radius 1 is 1.28 bits per heavy atom. The van der Waals surface area contributed by atoms with Crippen LogP contribution < -0.4 is 5.32 Å². The smallest absolute Gasteiger partial charge is 0.225 e. The number of hydrogen-bond acceptors (Lipinski definition) is 6. The second-order valence-electron chi connectivity index (χ2n) is 8.63. The van der Waals surface area contributed by atoms with Gasteiger partial charge in [-0.1, -0.05) is 13.8 Å². The van der Waals surface area contributed by atoms with Crippen molar-refractivity contribution >= 4 is 11.8 Å². The zero-order valence-electron chi connectivity index (χ0n) is 17.1. The summed E-state index contributed by atoms with van der Waals surface area (Å²) in [6, 6.07) is -0.164. The van der Waals surface area contributed by atoms with E-state index >= 15 is 0 Å². The third-order valence-electron chi connectivity index (χ3n) is 5.75. The lowest BCUT2D eigenvalue weighted by Crippen LogP contribution is -2.40. The molecule has 1 aliphatic heterocycles. The molecular formula is C21H26N6O2. The van der Waals surface area contributed by atoms with E-state index in [9.17, 15) is 9.59 Å². The maximum absolute atomic E-state index is 12.9. The van der Waals surface area contributed by atoms with E-state index in [0.29, 0.717) is 24.6 Å². The molecule has 0 unspecified atom stereocenters. The van der Waals surface area contributed by atoms with Gasteiger partial charge in [0.05, 0.1) is 23.9 Å². The second kappa shape index (κ2) is 7.50. The standard InChI is InChI=1S/C21H26N6O2/c1-4-27-12-13(7-18(27)28)20(29)26-16-9-21(2,3)8-15-14(16)10-24-19(25-15)17-11-22-5-6-23-17/h5-6,10-11,13,16H,4,7-9,12H2,1-3H3,(H,26,29)/t13-,16+/m0/s1. The van der Waals surface area contributed by atoms with Crippen LogP contribution >= 0.6 is 0 Å². The summed E-state index contributed by atoms with van der Waals surface area (Å²) in [7, 11) is 0. The molecule has 2 aliphatic rings. The highest BCUT2D eigenvalue weighted by atomic mass is 16.2. The largest absolute Gasteiger partial charge is 0.349 e. The van der Waals surface area contributed by atoms with E-state index < -0.39 is 0 Å². The fourth-order valence-electron chi connectivity index (χ4n) is 4.26. The van der Waals surface area contributed by atoms with Crippen LogP contribution in [0.2, 0.25) is 0 Å². The summed E-state index contributed by atoms with van der Waals surface area (Å²) in [5, 5.41) is 3.17. The number of rotatable bonds is 4. The zero-order chi connectivity index (χ0) is 20.6. The normalized spacial score (nSPS) is 23.0. The summed E-state index contributed by atoms with van der Waals surface area (Å²) < 4.78 is 0. The summed E-state index contributed by atoms with van der Waals surface area (Å²) in [6.45, 7) is 7.42. The highest BCUT2D eigenvalue weighted by Crippen LogP contribution is 2.40. The molecule has 8 nitrogen and oxygen atoms in total. The van der Waals surface area contributed by atoms with Crippen molar-refractivity contribution in [2.45, 2.75) is 46.1 Å². The van der Waals surface area contributed by atoms with Gasteiger partial charge in [0, 0.05) is 43.7 Å². The van der Waals surface area contributed by atoms with Gasteiger partial charge >= 0.3 is 0 Å². The molecule has 0 radical (unpaired) electrons. The Morgan fingerprint density at radius 2 is 2.10 bits per heavy atom. The van der Waals surface area contributed by atoms with Crippen LogP contribution in [0.5, 0.6) is 0 Å². The molecule has 1 fully saturated rings. The lowest BCUT2D eigenvalue weighted by atomic mass is 9.74. The number of carbonyl (C=O) groups is 2. The Labute approximate surface area is 170 Å². The summed E-state index contributed by atoms with van der Waals surface area (Å²) in [5.74, 6) is 0.227. The van der Waals surface area contributed by atoms with Crippen LogP contribution in [0.1, 0.15) is 50.9 Å². The third-order valence-corrected chi connectivity index (χ3v) is 5.75. The van der Waals surface area contributed by atoms with Crippen molar-refractivity contribution in [2.75, 3.05) is 13.1 Å². The zero-order valence-corrected chi connectivity index (χ0v) is 17.1. The van der Waals surface area contributed by atoms with E-state index in [-0.39, 0.29) is 35.6 Å². The molecule has 1 N–H and O–H groups in total. The van der Waals surface area contributed by atoms with Gasteiger partial charge < -0.3 is 10.2 Å². The molecule has 4 rings (SSSR count). The lowest BCUT2D eigenvalue weighted by Gasteiger charge is -2.36. The molecule has 8 heteroatoms. The van der Waals surface area contributed by atoms with Crippen molar-refractivity contribution < 1.29 is 9.59 Å². The Kier molecular flexibility index (Phi) is 5.02. The second-order valence-corrected chi connectivity index (χ2v) is 8.63. The Morgan fingerprint density at radius 3 is 2.79 bits per heavy atom. The van der Waals surface area contributed by atoms with Gasteiger partial charge in [-0.05, 0) is 25.2 Å². The molecular weight excluding hydrogens is 368 g/mol. The molecule has 0 bridgehead atoms. The molecule has 0 aromatic carbocycles. The predicted molar refractivity (Wildman–Crippen MR) is 106 cm³/mol. The molecule has 3 heterocycles. The molecule has 0 spiro atoms. The third kappa shape index (κ3) is 3.97. The molecule has 29 heavy (non-hydrogen) atoms. The Hall–Kier alpha value is -2.90. The maximum atomic E-state index is 12.9. The summed E-state index contributed by atoms with van der Waals surface area (Å²) in [6.07, 6.45) is 8.56. The monoisotopic (exact) mass is 394 g/mol. The first-order valence-corrected chi connectivity index (χ1v) is 10.1. The van der Waals surface area contributed by atoms with Gasteiger partial charge in [-0.25, -0.2) is 15.0 Å². The van der Waals surface area contributed by atoms with Gasteiger partial charge in [0.15, 0.2) is 5.82 Å². The van der Waals surface area contributed by atoms with E-state index in [2.05, 4.69) is 34.1 Å². The van der Waals surface area contributed by atoms with Gasteiger partial charge in [0.2, 0.25) is 11.8 Å². The Balaban J connectivity index is 1.58. The highest BCUT2D eigenvalue weighted by Gasteiger charge is 2.38. The van der Waals surface area contributed by atoms with Crippen molar-refractivity contribution in [2.24, 2.45) is 11.3 Å². The first-order chi connectivity index (χ1) is 13.9.